The van der Waals surface area contributed by atoms with E-state index in [-0.39, 0.29) is 5.91 Å². The summed E-state index contributed by atoms with van der Waals surface area (Å²) in [5, 5.41) is 4.29. The third kappa shape index (κ3) is 5.09. The third-order valence-corrected chi connectivity index (χ3v) is 6.88. The molecule has 0 atom stereocenters. The summed E-state index contributed by atoms with van der Waals surface area (Å²) < 4.78 is 18.6. The number of hydrogen-bond donors (Lipinski definition) is 1. The molecule has 4 rings (SSSR count). The van der Waals surface area contributed by atoms with Gasteiger partial charge in [0.1, 0.15) is 11.5 Å². The maximum absolute atomic E-state index is 13.5. The third-order valence-electron chi connectivity index (χ3n) is 5.67. The van der Waals surface area contributed by atoms with E-state index in [0.29, 0.717) is 37.9 Å². The first-order valence-electron chi connectivity index (χ1n) is 11.7. The van der Waals surface area contributed by atoms with Crippen LogP contribution in [0.3, 0.4) is 0 Å². The highest BCUT2D eigenvalue weighted by Gasteiger charge is 2.23. The summed E-state index contributed by atoms with van der Waals surface area (Å²) in [6.07, 6.45) is 1.85. The molecule has 1 saturated heterocycles. The summed E-state index contributed by atoms with van der Waals surface area (Å²) in [6, 6.07) is 12.1. The molecule has 1 amide bonds. The predicted molar refractivity (Wildman–Crippen MR) is 136 cm³/mol. The minimum absolute atomic E-state index is 0.109. The fourth-order valence-electron chi connectivity index (χ4n) is 4.20. The molecule has 1 fully saturated rings. The monoisotopic (exact) mass is 468 g/mol. The van der Waals surface area contributed by atoms with E-state index in [1.54, 1.807) is 11.3 Å². The van der Waals surface area contributed by atoms with Gasteiger partial charge in [-0.3, -0.25) is 4.79 Å². The number of rotatable bonds is 9. The second-order valence-corrected chi connectivity index (χ2v) is 8.94. The van der Waals surface area contributed by atoms with Crippen LogP contribution in [-0.4, -0.2) is 45.4 Å². The van der Waals surface area contributed by atoms with Crippen molar-refractivity contribution in [1.29, 1.82) is 0 Å². The lowest BCUT2D eigenvalue weighted by atomic mass is 10.1. The van der Waals surface area contributed by atoms with E-state index in [9.17, 15) is 4.79 Å². The van der Waals surface area contributed by atoms with E-state index in [1.807, 2.05) is 38.1 Å². The van der Waals surface area contributed by atoms with Crippen molar-refractivity contribution in [2.24, 2.45) is 0 Å². The topological polar surface area (TPSA) is 60.0 Å². The van der Waals surface area contributed by atoms with Crippen LogP contribution in [-0.2, 0) is 11.2 Å². The summed E-state index contributed by atoms with van der Waals surface area (Å²) in [6.45, 7) is 10.0. The Balaban J connectivity index is 1.71. The molecule has 176 valence electrons. The molecule has 0 radical (unpaired) electrons. The van der Waals surface area contributed by atoms with Gasteiger partial charge in [-0.15, -0.1) is 11.3 Å². The molecule has 1 aliphatic rings. The summed E-state index contributed by atoms with van der Waals surface area (Å²) in [5.74, 6) is 1.28. The van der Waals surface area contributed by atoms with Crippen molar-refractivity contribution in [1.82, 2.24) is 0 Å². The van der Waals surface area contributed by atoms with Gasteiger partial charge in [0.2, 0.25) is 0 Å². The van der Waals surface area contributed by atoms with Crippen LogP contribution in [0.15, 0.2) is 36.4 Å². The van der Waals surface area contributed by atoms with E-state index in [0.717, 1.165) is 57.9 Å². The van der Waals surface area contributed by atoms with Crippen LogP contribution in [0.5, 0.6) is 11.5 Å². The molecule has 0 saturated carbocycles. The van der Waals surface area contributed by atoms with Crippen LogP contribution >= 0.6 is 11.3 Å². The smallest absolute Gasteiger partial charge is 0.266 e. The van der Waals surface area contributed by atoms with E-state index in [2.05, 4.69) is 29.3 Å². The molecular weight excluding hydrogens is 436 g/mol. The molecule has 1 aromatic heterocycles. The molecule has 0 bridgehead atoms. The lowest BCUT2D eigenvalue weighted by Gasteiger charge is -2.31. The van der Waals surface area contributed by atoms with E-state index >= 15 is 0 Å². The number of ether oxygens (including phenoxy) is 3. The molecule has 3 aromatic rings. The molecular formula is C26H32N2O4S. The van der Waals surface area contributed by atoms with Crippen LogP contribution in [0.25, 0.3) is 10.1 Å². The minimum atomic E-state index is -0.109. The van der Waals surface area contributed by atoms with Crippen molar-refractivity contribution < 1.29 is 19.0 Å². The predicted octanol–water partition coefficient (Wildman–Crippen LogP) is 5.74. The number of amides is 1. The normalized spacial score (nSPS) is 13.8. The average Bonchev–Trinajstić information content (AvgIpc) is 3.20. The maximum atomic E-state index is 13.5. The molecule has 33 heavy (non-hydrogen) atoms. The molecule has 0 spiro atoms. The lowest BCUT2D eigenvalue weighted by molar-refractivity contribution is 0.102. The van der Waals surface area contributed by atoms with Crippen molar-refractivity contribution >= 4 is 38.7 Å². The fourth-order valence-corrected chi connectivity index (χ4v) is 5.35. The SMILES string of the molecule is CCCc1c(C(=O)Nc2cc(OCC)c(N3CCOCC3)cc2OCC)sc2ccccc12. The number of nitrogens with one attached hydrogen (secondary N) is 1. The minimum Gasteiger partial charge on any atom is -0.492 e. The number of benzene rings is 2. The highest BCUT2D eigenvalue weighted by molar-refractivity contribution is 7.21. The van der Waals surface area contributed by atoms with Gasteiger partial charge in [-0.1, -0.05) is 31.5 Å². The quantitative estimate of drug-likeness (QED) is 0.434. The molecule has 0 unspecified atom stereocenters. The zero-order valence-corrected chi connectivity index (χ0v) is 20.4. The molecule has 2 heterocycles. The van der Waals surface area contributed by atoms with Gasteiger partial charge in [0.25, 0.3) is 5.91 Å². The van der Waals surface area contributed by atoms with E-state index < -0.39 is 0 Å². The number of thiophene rings is 1. The number of carbonyl (C=O) groups excluding carboxylic acids is 1. The number of anilines is 2. The first kappa shape index (κ1) is 23.4. The Morgan fingerprint density at radius 1 is 1.06 bits per heavy atom. The molecule has 1 aliphatic heterocycles. The summed E-state index contributed by atoms with van der Waals surface area (Å²) in [4.78, 5) is 16.5. The number of aryl methyl sites for hydroxylation is 1. The Morgan fingerprint density at radius 3 is 2.52 bits per heavy atom. The number of fused-ring (bicyclic) bond motifs is 1. The first-order valence-corrected chi connectivity index (χ1v) is 12.6. The van der Waals surface area contributed by atoms with Crippen molar-refractivity contribution in [2.75, 3.05) is 49.7 Å². The Kier molecular flexibility index (Phi) is 7.73. The van der Waals surface area contributed by atoms with Gasteiger partial charge < -0.3 is 24.4 Å². The van der Waals surface area contributed by atoms with Crippen LogP contribution < -0.4 is 19.7 Å². The summed E-state index contributed by atoms with van der Waals surface area (Å²) in [5.41, 5.74) is 2.71. The van der Waals surface area contributed by atoms with Crippen molar-refractivity contribution in [3.63, 3.8) is 0 Å². The second kappa shape index (κ2) is 10.9. The lowest BCUT2D eigenvalue weighted by Crippen LogP contribution is -2.36. The van der Waals surface area contributed by atoms with Gasteiger partial charge >= 0.3 is 0 Å². The fraction of sp³-hybridized carbons (Fsp3) is 0.423. The van der Waals surface area contributed by atoms with Crippen molar-refractivity contribution in [3.05, 3.63) is 46.8 Å². The molecule has 2 aromatic carbocycles. The molecule has 0 aliphatic carbocycles. The zero-order valence-electron chi connectivity index (χ0n) is 19.6. The van der Waals surface area contributed by atoms with Gasteiger partial charge in [-0.05, 0) is 37.3 Å². The van der Waals surface area contributed by atoms with E-state index in [4.69, 9.17) is 14.2 Å². The van der Waals surface area contributed by atoms with Gasteiger partial charge in [0.15, 0.2) is 0 Å². The highest BCUT2D eigenvalue weighted by Crippen LogP contribution is 2.40. The Hall–Kier alpha value is -2.77. The number of nitrogens with zero attached hydrogens (tertiary/aromatic N) is 1. The summed E-state index contributed by atoms with van der Waals surface area (Å²) >= 11 is 1.54. The largest absolute Gasteiger partial charge is 0.492 e. The highest BCUT2D eigenvalue weighted by atomic mass is 32.1. The molecule has 1 N–H and O–H groups in total. The van der Waals surface area contributed by atoms with E-state index in [1.165, 1.54) is 0 Å². The summed E-state index contributed by atoms with van der Waals surface area (Å²) in [7, 11) is 0. The Labute approximate surface area is 199 Å². The van der Waals surface area contributed by atoms with Crippen LogP contribution in [0.2, 0.25) is 0 Å². The van der Waals surface area contributed by atoms with Crippen LogP contribution in [0.1, 0.15) is 42.4 Å². The zero-order chi connectivity index (χ0) is 23.2. The maximum Gasteiger partial charge on any atom is 0.266 e. The van der Waals surface area contributed by atoms with Gasteiger partial charge in [-0.2, -0.15) is 0 Å². The number of morpholine rings is 1. The Morgan fingerprint density at radius 2 is 1.79 bits per heavy atom. The molecule has 6 nitrogen and oxygen atoms in total. The standard InChI is InChI=1S/C26H32N2O4S/c1-4-9-19-18-10-7-8-11-24(18)33-25(19)26(29)27-20-16-23(32-6-3)21(17-22(20)31-5-2)28-12-14-30-15-13-28/h7-8,10-11,16-17H,4-6,9,12-15H2,1-3H3,(H,27,29). The van der Waals surface area contributed by atoms with Gasteiger partial charge in [0.05, 0.1) is 42.7 Å². The number of hydrogen-bond acceptors (Lipinski definition) is 6. The molecule has 7 heteroatoms. The second-order valence-electron chi connectivity index (χ2n) is 7.89. The first-order chi connectivity index (χ1) is 16.2. The number of carbonyl (C=O) groups is 1. The van der Waals surface area contributed by atoms with Gasteiger partial charge in [0, 0.05) is 29.9 Å². The van der Waals surface area contributed by atoms with Gasteiger partial charge in [-0.25, -0.2) is 0 Å². The Bertz CT molecular complexity index is 1110. The van der Waals surface area contributed by atoms with Crippen LogP contribution in [0.4, 0.5) is 11.4 Å². The van der Waals surface area contributed by atoms with Crippen LogP contribution in [0, 0.1) is 0 Å². The van der Waals surface area contributed by atoms with Crippen molar-refractivity contribution in [2.45, 2.75) is 33.6 Å². The average molecular weight is 469 g/mol. The van der Waals surface area contributed by atoms with Crippen molar-refractivity contribution in [3.8, 4) is 11.5 Å².